The number of carbonyl (C=O) groups is 1. The van der Waals surface area contributed by atoms with Gasteiger partial charge < -0.3 is 4.79 Å². The molecule has 0 radical (unpaired) electrons. The molecule has 0 bridgehead atoms. The van der Waals surface area contributed by atoms with E-state index < -0.39 is 0 Å². The molecule has 0 atom stereocenters. The van der Waals surface area contributed by atoms with E-state index in [2.05, 4.69) is 9.78 Å². The molecule has 3 heteroatoms. The van der Waals surface area contributed by atoms with Gasteiger partial charge in [-0.3, -0.25) is 0 Å². The van der Waals surface area contributed by atoms with Crippen molar-refractivity contribution in [2.75, 3.05) is 13.2 Å². The summed E-state index contributed by atoms with van der Waals surface area (Å²) in [6, 6.07) is 0. The summed E-state index contributed by atoms with van der Waals surface area (Å²) in [5.74, 6) is 0.167. The first-order chi connectivity index (χ1) is 4.73. The predicted octanol–water partition coefficient (Wildman–Crippen LogP) is 1.32. The van der Waals surface area contributed by atoms with Gasteiger partial charge in [-0.2, -0.15) is 0 Å². The van der Waals surface area contributed by atoms with Gasteiger partial charge in [0.25, 0.3) is 0 Å². The molecule has 1 saturated heterocycles. The largest absolute Gasteiger partial charge is 0.300 e. The molecule has 1 aliphatic heterocycles. The summed E-state index contributed by atoms with van der Waals surface area (Å²) in [6.45, 7) is 4.61. The number of carbonyl (C=O) groups excluding carboxylic acids is 1. The van der Waals surface area contributed by atoms with E-state index in [0.29, 0.717) is 0 Å². The zero-order valence-electron chi connectivity index (χ0n) is 6.55. The highest BCUT2D eigenvalue weighted by atomic mass is 17.2. The maximum absolute atomic E-state index is 9.44. The molecule has 60 valence electrons. The fraction of sp³-hybridized carbons (Fsp3) is 0.857. The SMILES string of the molecule is C1CCOOC1.CC(C)=O. The van der Waals surface area contributed by atoms with Gasteiger partial charge in [-0.15, -0.1) is 0 Å². The van der Waals surface area contributed by atoms with Crippen molar-refractivity contribution in [3.05, 3.63) is 0 Å². The lowest BCUT2D eigenvalue weighted by molar-refractivity contribution is -0.312. The summed E-state index contributed by atoms with van der Waals surface area (Å²) < 4.78 is 0. The Labute approximate surface area is 61.2 Å². The third-order valence-corrected chi connectivity index (χ3v) is 0.789. The minimum Gasteiger partial charge on any atom is -0.300 e. The van der Waals surface area contributed by atoms with E-state index >= 15 is 0 Å². The van der Waals surface area contributed by atoms with Crippen LogP contribution in [0.3, 0.4) is 0 Å². The van der Waals surface area contributed by atoms with Crippen LogP contribution in [-0.4, -0.2) is 19.0 Å². The van der Waals surface area contributed by atoms with Gasteiger partial charge in [0.15, 0.2) is 0 Å². The first-order valence-corrected chi connectivity index (χ1v) is 3.45. The summed E-state index contributed by atoms with van der Waals surface area (Å²) >= 11 is 0. The van der Waals surface area contributed by atoms with Gasteiger partial charge >= 0.3 is 0 Å². The Morgan fingerprint density at radius 1 is 1.10 bits per heavy atom. The molecule has 0 aromatic rings. The summed E-state index contributed by atoms with van der Waals surface area (Å²) in [6.07, 6.45) is 2.31. The van der Waals surface area contributed by atoms with Crippen LogP contribution < -0.4 is 0 Å². The van der Waals surface area contributed by atoms with Gasteiger partial charge in [0.2, 0.25) is 0 Å². The van der Waals surface area contributed by atoms with Crippen molar-refractivity contribution in [2.24, 2.45) is 0 Å². The third-order valence-electron chi connectivity index (χ3n) is 0.789. The minimum absolute atomic E-state index is 0.167. The molecule has 0 amide bonds. The molecule has 0 spiro atoms. The lowest BCUT2D eigenvalue weighted by atomic mass is 10.3. The van der Waals surface area contributed by atoms with Crippen LogP contribution in [0.1, 0.15) is 26.7 Å². The molecular formula is C7H14O3. The topological polar surface area (TPSA) is 35.5 Å². The number of rotatable bonds is 0. The Morgan fingerprint density at radius 2 is 1.40 bits per heavy atom. The van der Waals surface area contributed by atoms with Crippen molar-refractivity contribution < 1.29 is 14.6 Å². The molecule has 1 fully saturated rings. The van der Waals surface area contributed by atoms with E-state index in [1.54, 1.807) is 0 Å². The Kier molecular flexibility index (Phi) is 6.43. The van der Waals surface area contributed by atoms with Crippen LogP contribution in [0.2, 0.25) is 0 Å². The number of hydrogen-bond acceptors (Lipinski definition) is 3. The zero-order chi connectivity index (χ0) is 7.82. The predicted molar refractivity (Wildman–Crippen MR) is 37.5 cm³/mol. The summed E-state index contributed by atoms with van der Waals surface area (Å²) in [5.41, 5.74) is 0. The van der Waals surface area contributed by atoms with Crippen LogP contribution in [0.4, 0.5) is 0 Å². The highest BCUT2D eigenvalue weighted by molar-refractivity contribution is 5.72. The summed E-state index contributed by atoms with van der Waals surface area (Å²) in [4.78, 5) is 18.6. The van der Waals surface area contributed by atoms with E-state index in [9.17, 15) is 4.79 Å². The lowest BCUT2D eigenvalue weighted by Gasteiger charge is -2.07. The van der Waals surface area contributed by atoms with Gasteiger partial charge in [0.05, 0.1) is 13.2 Å². The first kappa shape index (κ1) is 9.59. The third kappa shape index (κ3) is 10.5. The van der Waals surface area contributed by atoms with Crippen LogP contribution in [0.25, 0.3) is 0 Å². The van der Waals surface area contributed by atoms with E-state index in [4.69, 9.17) is 0 Å². The average molecular weight is 146 g/mol. The molecule has 0 unspecified atom stereocenters. The zero-order valence-corrected chi connectivity index (χ0v) is 6.55. The van der Waals surface area contributed by atoms with Crippen molar-refractivity contribution >= 4 is 5.78 Å². The molecule has 1 heterocycles. The van der Waals surface area contributed by atoms with Gasteiger partial charge in [0, 0.05) is 0 Å². The Morgan fingerprint density at radius 3 is 1.50 bits per heavy atom. The molecule has 0 aromatic carbocycles. The van der Waals surface area contributed by atoms with Gasteiger partial charge in [-0.05, 0) is 26.7 Å². The molecule has 0 N–H and O–H groups in total. The van der Waals surface area contributed by atoms with Crippen molar-refractivity contribution in [3.8, 4) is 0 Å². The van der Waals surface area contributed by atoms with Crippen LogP contribution in [0.5, 0.6) is 0 Å². The Hall–Kier alpha value is -0.410. The summed E-state index contributed by atoms with van der Waals surface area (Å²) in [7, 11) is 0. The molecule has 3 nitrogen and oxygen atoms in total. The van der Waals surface area contributed by atoms with Crippen molar-refractivity contribution in [1.82, 2.24) is 0 Å². The Bertz CT molecular complexity index is 71.3. The number of ketones is 1. The van der Waals surface area contributed by atoms with Crippen LogP contribution >= 0.6 is 0 Å². The van der Waals surface area contributed by atoms with Crippen LogP contribution in [0.15, 0.2) is 0 Å². The molecular weight excluding hydrogens is 132 g/mol. The van der Waals surface area contributed by atoms with E-state index in [1.165, 1.54) is 13.8 Å². The minimum atomic E-state index is 0.167. The monoisotopic (exact) mass is 146 g/mol. The molecule has 0 aliphatic carbocycles. The smallest absolute Gasteiger partial charge is 0.126 e. The van der Waals surface area contributed by atoms with Crippen LogP contribution in [-0.2, 0) is 14.6 Å². The highest BCUT2D eigenvalue weighted by Gasteiger charge is 1.95. The standard InChI is InChI=1S/C4H8O2.C3H6O/c1-2-4-6-5-3-1;1-3(2)4/h1-4H2;1-2H3. The molecule has 0 saturated carbocycles. The highest BCUT2D eigenvalue weighted by Crippen LogP contribution is 1.97. The molecule has 1 aliphatic rings. The normalized spacial score (nSPS) is 17.0. The quantitative estimate of drug-likeness (QED) is 0.483. The lowest BCUT2D eigenvalue weighted by Crippen LogP contribution is -2.05. The van der Waals surface area contributed by atoms with Gasteiger partial charge in [-0.1, -0.05) is 0 Å². The fourth-order valence-electron chi connectivity index (χ4n) is 0.440. The van der Waals surface area contributed by atoms with E-state index in [0.717, 1.165) is 26.1 Å². The van der Waals surface area contributed by atoms with Gasteiger partial charge in [0.1, 0.15) is 5.78 Å². The molecule has 0 aromatic heterocycles. The number of hydrogen-bond donors (Lipinski definition) is 0. The maximum Gasteiger partial charge on any atom is 0.126 e. The molecule has 1 rings (SSSR count). The van der Waals surface area contributed by atoms with E-state index in [-0.39, 0.29) is 5.78 Å². The first-order valence-electron chi connectivity index (χ1n) is 3.45. The second-order valence-electron chi connectivity index (χ2n) is 2.26. The Balaban J connectivity index is 0.000000180. The maximum atomic E-state index is 9.44. The van der Waals surface area contributed by atoms with Gasteiger partial charge in [-0.25, -0.2) is 9.78 Å². The van der Waals surface area contributed by atoms with Crippen molar-refractivity contribution in [1.29, 1.82) is 0 Å². The average Bonchev–Trinajstić information content (AvgIpc) is 1.90. The van der Waals surface area contributed by atoms with Crippen LogP contribution in [0, 0.1) is 0 Å². The molecule has 10 heavy (non-hydrogen) atoms. The fourth-order valence-corrected chi connectivity index (χ4v) is 0.440. The second kappa shape index (κ2) is 6.71. The van der Waals surface area contributed by atoms with Crippen molar-refractivity contribution in [2.45, 2.75) is 26.7 Å². The van der Waals surface area contributed by atoms with Crippen molar-refractivity contribution in [3.63, 3.8) is 0 Å². The van der Waals surface area contributed by atoms with E-state index in [1.807, 2.05) is 0 Å². The second-order valence-corrected chi connectivity index (χ2v) is 2.26. The number of Topliss-reactive ketones (excluding diaryl/α,β-unsaturated/α-hetero) is 1. The summed E-state index contributed by atoms with van der Waals surface area (Å²) in [5, 5.41) is 0.